The Kier molecular flexibility index (Phi) is 3.77. The van der Waals surface area contributed by atoms with E-state index in [1.54, 1.807) is 0 Å². The van der Waals surface area contributed by atoms with Gasteiger partial charge < -0.3 is 4.90 Å². The lowest BCUT2D eigenvalue weighted by Crippen LogP contribution is -2.29. The molecule has 104 valence electrons. The van der Waals surface area contributed by atoms with Gasteiger partial charge in [0.15, 0.2) is 0 Å². The Morgan fingerprint density at radius 2 is 1.65 bits per heavy atom. The zero-order chi connectivity index (χ0) is 13.9. The fourth-order valence-electron chi connectivity index (χ4n) is 3.41. The second-order valence-corrected chi connectivity index (χ2v) is 5.76. The van der Waals surface area contributed by atoms with Gasteiger partial charge in [0, 0.05) is 23.3 Å². The first-order valence-corrected chi connectivity index (χ1v) is 7.76. The van der Waals surface area contributed by atoms with Crippen molar-refractivity contribution < 1.29 is 0 Å². The molecule has 1 aliphatic rings. The van der Waals surface area contributed by atoms with E-state index in [9.17, 15) is 0 Å². The normalized spacial score (nSPS) is 21.0. The molecule has 1 unspecified atom stereocenters. The van der Waals surface area contributed by atoms with Crippen LogP contribution in [0, 0.1) is 0 Å². The topological polar surface area (TPSA) is 3.24 Å². The molecule has 1 heterocycles. The first-order chi connectivity index (χ1) is 9.83. The Bertz CT molecular complexity index is 561. The summed E-state index contributed by atoms with van der Waals surface area (Å²) in [4.78, 5) is 2.55. The number of nitrogens with zero attached hydrogens (tertiary/aromatic N) is 1. The number of para-hydroxylation sites is 2. The third-order valence-electron chi connectivity index (χ3n) is 4.48. The minimum Gasteiger partial charge on any atom is -0.338 e. The highest BCUT2D eigenvalue weighted by Gasteiger charge is 2.35. The lowest BCUT2D eigenvalue weighted by atomic mass is 9.93. The van der Waals surface area contributed by atoms with Gasteiger partial charge in [-0.3, -0.25) is 0 Å². The van der Waals surface area contributed by atoms with Crippen molar-refractivity contribution >= 4 is 11.4 Å². The highest BCUT2D eigenvalue weighted by atomic mass is 15.2. The molecule has 0 aliphatic carbocycles. The molecule has 2 atom stereocenters. The molecule has 20 heavy (non-hydrogen) atoms. The fraction of sp³-hybridized carbons (Fsp3) is 0.368. The van der Waals surface area contributed by atoms with Crippen molar-refractivity contribution in [1.29, 1.82) is 0 Å². The Labute approximate surface area is 122 Å². The fourth-order valence-corrected chi connectivity index (χ4v) is 3.41. The SMILES string of the molecule is CCCCC1[C@H](C)c2ccccc2N1c1ccccc1. The van der Waals surface area contributed by atoms with E-state index < -0.39 is 0 Å². The summed E-state index contributed by atoms with van der Waals surface area (Å²) in [5.74, 6) is 0.609. The first kappa shape index (κ1) is 13.2. The smallest absolute Gasteiger partial charge is 0.0449 e. The van der Waals surface area contributed by atoms with Gasteiger partial charge in [-0.15, -0.1) is 0 Å². The number of hydrogen-bond acceptors (Lipinski definition) is 1. The summed E-state index contributed by atoms with van der Waals surface area (Å²) < 4.78 is 0. The van der Waals surface area contributed by atoms with E-state index in [0.29, 0.717) is 12.0 Å². The third kappa shape index (κ3) is 2.22. The Balaban J connectivity index is 2.02. The number of hydrogen-bond donors (Lipinski definition) is 0. The molecule has 0 bridgehead atoms. The van der Waals surface area contributed by atoms with Crippen molar-refractivity contribution in [3.05, 3.63) is 60.2 Å². The van der Waals surface area contributed by atoms with E-state index >= 15 is 0 Å². The molecule has 3 rings (SSSR count). The number of rotatable bonds is 4. The average molecular weight is 265 g/mol. The van der Waals surface area contributed by atoms with Gasteiger partial charge in [-0.2, -0.15) is 0 Å². The van der Waals surface area contributed by atoms with Gasteiger partial charge in [-0.05, 0) is 30.2 Å². The molecule has 0 aromatic heterocycles. The highest BCUT2D eigenvalue weighted by molar-refractivity contribution is 5.72. The van der Waals surface area contributed by atoms with E-state index in [0.717, 1.165) is 0 Å². The van der Waals surface area contributed by atoms with Crippen LogP contribution in [0.25, 0.3) is 0 Å². The third-order valence-corrected chi connectivity index (χ3v) is 4.48. The number of anilines is 2. The molecule has 1 heteroatoms. The summed E-state index contributed by atoms with van der Waals surface area (Å²) in [5.41, 5.74) is 4.22. The minimum atomic E-state index is 0.592. The largest absolute Gasteiger partial charge is 0.338 e. The monoisotopic (exact) mass is 265 g/mol. The van der Waals surface area contributed by atoms with Gasteiger partial charge in [-0.1, -0.05) is 63.1 Å². The van der Waals surface area contributed by atoms with E-state index in [-0.39, 0.29) is 0 Å². The predicted octanol–water partition coefficient (Wildman–Crippen LogP) is 5.50. The number of unbranched alkanes of at least 4 members (excludes halogenated alkanes) is 1. The standard InChI is InChI=1S/C19H23N/c1-3-4-13-18-15(2)17-12-8-9-14-19(17)20(18)16-10-6-5-7-11-16/h5-12,14-15,18H,3-4,13H2,1-2H3/t15-,18?/m1/s1. The second-order valence-electron chi connectivity index (χ2n) is 5.76. The zero-order valence-corrected chi connectivity index (χ0v) is 12.4. The van der Waals surface area contributed by atoms with Crippen molar-refractivity contribution in [1.82, 2.24) is 0 Å². The molecule has 2 aromatic rings. The molecular formula is C19H23N. The molecular weight excluding hydrogens is 242 g/mol. The van der Waals surface area contributed by atoms with E-state index in [1.165, 1.54) is 36.2 Å². The van der Waals surface area contributed by atoms with Gasteiger partial charge in [-0.25, -0.2) is 0 Å². The van der Waals surface area contributed by atoms with Crippen LogP contribution in [0.1, 0.15) is 44.6 Å². The molecule has 1 nitrogen and oxygen atoms in total. The maximum atomic E-state index is 2.55. The molecule has 0 radical (unpaired) electrons. The molecule has 0 saturated carbocycles. The highest BCUT2D eigenvalue weighted by Crippen LogP contribution is 2.46. The molecule has 0 fully saturated rings. The zero-order valence-electron chi connectivity index (χ0n) is 12.4. The predicted molar refractivity (Wildman–Crippen MR) is 86.8 cm³/mol. The van der Waals surface area contributed by atoms with Gasteiger partial charge in [0.05, 0.1) is 0 Å². The molecule has 0 N–H and O–H groups in total. The Morgan fingerprint density at radius 1 is 0.950 bits per heavy atom. The van der Waals surface area contributed by atoms with E-state index in [4.69, 9.17) is 0 Å². The minimum absolute atomic E-state index is 0.592. The van der Waals surface area contributed by atoms with Crippen LogP contribution in [-0.4, -0.2) is 6.04 Å². The van der Waals surface area contributed by atoms with Gasteiger partial charge in [0.25, 0.3) is 0 Å². The molecule has 1 aliphatic heterocycles. The van der Waals surface area contributed by atoms with Crippen LogP contribution in [0.2, 0.25) is 0 Å². The average Bonchev–Trinajstić information content (AvgIpc) is 2.79. The summed E-state index contributed by atoms with van der Waals surface area (Å²) in [6.07, 6.45) is 3.83. The van der Waals surface area contributed by atoms with Crippen molar-refractivity contribution in [3.8, 4) is 0 Å². The second kappa shape index (κ2) is 5.70. The van der Waals surface area contributed by atoms with Crippen LogP contribution < -0.4 is 4.90 Å². The van der Waals surface area contributed by atoms with Crippen molar-refractivity contribution in [3.63, 3.8) is 0 Å². The summed E-state index contributed by atoms with van der Waals surface area (Å²) in [5, 5.41) is 0. The Morgan fingerprint density at radius 3 is 2.40 bits per heavy atom. The van der Waals surface area contributed by atoms with Gasteiger partial charge >= 0.3 is 0 Å². The lowest BCUT2D eigenvalue weighted by molar-refractivity contribution is 0.526. The summed E-state index contributed by atoms with van der Waals surface area (Å²) in [6.45, 7) is 4.65. The molecule has 2 aromatic carbocycles. The number of fused-ring (bicyclic) bond motifs is 1. The summed E-state index contributed by atoms with van der Waals surface area (Å²) >= 11 is 0. The Hall–Kier alpha value is -1.76. The van der Waals surface area contributed by atoms with Crippen LogP contribution in [0.3, 0.4) is 0 Å². The molecule has 0 saturated heterocycles. The van der Waals surface area contributed by atoms with Crippen molar-refractivity contribution in [2.75, 3.05) is 4.90 Å². The lowest BCUT2D eigenvalue weighted by Gasteiger charge is -2.29. The van der Waals surface area contributed by atoms with Gasteiger partial charge in [0.1, 0.15) is 0 Å². The molecule has 0 spiro atoms. The number of benzene rings is 2. The maximum Gasteiger partial charge on any atom is 0.0449 e. The van der Waals surface area contributed by atoms with Crippen molar-refractivity contribution in [2.45, 2.75) is 45.1 Å². The van der Waals surface area contributed by atoms with Crippen LogP contribution in [0.4, 0.5) is 11.4 Å². The quantitative estimate of drug-likeness (QED) is 0.705. The van der Waals surface area contributed by atoms with Crippen LogP contribution in [0.15, 0.2) is 54.6 Å². The van der Waals surface area contributed by atoms with Crippen molar-refractivity contribution in [2.24, 2.45) is 0 Å². The van der Waals surface area contributed by atoms with Crippen LogP contribution >= 0.6 is 0 Å². The van der Waals surface area contributed by atoms with Crippen LogP contribution in [0.5, 0.6) is 0 Å². The molecule has 0 amide bonds. The van der Waals surface area contributed by atoms with Gasteiger partial charge in [0.2, 0.25) is 0 Å². The van der Waals surface area contributed by atoms with E-state index in [2.05, 4.69) is 73.3 Å². The maximum absolute atomic E-state index is 2.55. The summed E-state index contributed by atoms with van der Waals surface area (Å²) in [6, 6.07) is 20.3. The van der Waals surface area contributed by atoms with Crippen LogP contribution in [-0.2, 0) is 0 Å². The summed E-state index contributed by atoms with van der Waals surface area (Å²) in [7, 11) is 0. The first-order valence-electron chi connectivity index (χ1n) is 7.76. The van der Waals surface area contributed by atoms with E-state index in [1.807, 2.05) is 0 Å².